The maximum absolute atomic E-state index is 11.1. The maximum Gasteiger partial charge on any atom is 0.311 e. The van der Waals surface area contributed by atoms with Crippen molar-refractivity contribution < 1.29 is 14.5 Å². The zero-order valence-electron chi connectivity index (χ0n) is 10.4. The molecule has 0 amide bonds. The molecule has 2 rings (SSSR count). The minimum absolute atomic E-state index is 0.0443. The highest BCUT2D eigenvalue weighted by Crippen LogP contribution is 2.44. The molecule has 0 fully saturated rings. The Hall–Kier alpha value is -1.91. The molecule has 0 aliphatic carbocycles. The van der Waals surface area contributed by atoms with E-state index in [0.29, 0.717) is 17.9 Å². The molecule has 0 N–H and O–H groups in total. The summed E-state index contributed by atoms with van der Waals surface area (Å²) < 4.78 is 5.45. The molecule has 0 bridgehead atoms. The highest BCUT2D eigenvalue weighted by molar-refractivity contribution is 5.62. The molecular weight excluding hydrogens is 234 g/mol. The third kappa shape index (κ3) is 2.08. The number of nitro groups is 1. The van der Waals surface area contributed by atoms with Crippen molar-refractivity contribution >= 4 is 12.0 Å². The lowest BCUT2D eigenvalue weighted by Gasteiger charge is -2.32. The van der Waals surface area contributed by atoms with Crippen LogP contribution in [0.1, 0.15) is 31.4 Å². The van der Waals surface area contributed by atoms with Crippen molar-refractivity contribution in [2.45, 2.75) is 32.1 Å². The molecular formula is C13H15NO4. The van der Waals surface area contributed by atoms with Gasteiger partial charge in [0.05, 0.1) is 11.5 Å². The molecule has 5 nitrogen and oxygen atoms in total. The zero-order valence-corrected chi connectivity index (χ0v) is 10.4. The second-order valence-electron chi connectivity index (χ2n) is 5.10. The van der Waals surface area contributed by atoms with E-state index >= 15 is 0 Å². The molecule has 18 heavy (non-hydrogen) atoms. The van der Waals surface area contributed by atoms with Gasteiger partial charge in [-0.3, -0.25) is 10.1 Å². The molecule has 1 aliphatic heterocycles. The first-order chi connectivity index (χ1) is 8.45. The number of nitrogens with zero attached hydrogens (tertiary/aromatic N) is 1. The summed E-state index contributed by atoms with van der Waals surface area (Å²) in [4.78, 5) is 21.2. The monoisotopic (exact) mass is 249 g/mol. The maximum atomic E-state index is 11.1. The number of carbonyl (C=O) groups excluding carboxylic acids is 1. The topological polar surface area (TPSA) is 69.4 Å². The molecule has 0 saturated heterocycles. The molecule has 1 heterocycles. The first-order valence-electron chi connectivity index (χ1n) is 5.84. The van der Waals surface area contributed by atoms with Gasteiger partial charge in [0.15, 0.2) is 0 Å². The fourth-order valence-electron chi connectivity index (χ4n) is 2.22. The van der Waals surface area contributed by atoms with E-state index in [1.54, 1.807) is 0 Å². The number of aldehydes is 1. The summed E-state index contributed by atoms with van der Waals surface area (Å²) in [7, 11) is 0. The Morgan fingerprint density at radius 2 is 2.22 bits per heavy atom. The lowest BCUT2D eigenvalue weighted by molar-refractivity contribution is -0.386. The van der Waals surface area contributed by atoms with Crippen LogP contribution in [0.2, 0.25) is 0 Å². The summed E-state index contributed by atoms with van der Waals surface area (Å²) in [6.45, 7) is 4.54. The minimum Gasteiger partial charge on any atom is -0.487 e. The van der Waals surface area contributed by atoms with Crippen LogP contribution in [0.4, 0.5) is 5.69 Å². The number of benzene rings is 1. The summed E-state index contributed by atoms with van der Waals surface area (Å²) >= 11 is 0. The molecule has 0 atom stereocenters. The number of rotatable bonds is 3. The molecule has 96 valence electrons. The number of carbonyl (C=O) groups is 1. The Morgan fingerprint density at radius 1 is 1.50 bits per heavy atom. The van der Waals surface area contributed by atoms with Crippen molar-refractivity contribution in [2.24, 2.45) is 0 Å². The van der Waals surface area contributed by atoms with Gasteiger partial charge < -0.3 is 9.53 Å². The van der Waals surface area contributed by atoms with Gasteiger partial charge in [-0.15, -0.1) is 0 Å². The number of ether oxygens (including phenoxy) is 1. The van der Waals surface area contributed by atoms with Gasteiger partial charge in [-0.05, 0) is 17.4 Å². The third-order valence-corrected chi connectivity index (χ3v) is 3.35. The highest BCUT2D eigenvalue weighted by atomic mass is 16.6. The van der Waals surface area contributed by atoms with E-state index in [2.05, 4.69) is 0 Å². The summed E-state index contributed by atoms with van der Waals surface area (Å²) in [5.74, 6) is 0.353. The van der Waals surface area contributed by atoms with E-state index < -0.39 is 4.92 Å². The first-order valence-corrected chi connectivity index (χ1v) is 5.84. The van der Waals surface area contributed by atoms with Gasteiger partial charge in [-0.2, -0.15) is 0 Å². The average molecular weight is 249 g/mol. The van der Waals surface area contributed by atoms with Crippen molar-refractivity contribution in [1.29, 1.82) is 0 Å². The largest absolute Gasteiger partial charge is 0.487 e. The fourth-order valence-corrected chi connectivity index (χ4v) is 2.22. The number of fused-ring (bicyclic) bond motifs is 1. The predicted molar refractivity (Wildman–Crippen MR) is 66.0 cm³/mol. The Morgan fingerprint density at radius 3 is 2.83 bits per heavy atom. The van der Waals surface area contributed by atoms with E-state index in [1.165, 1.54) is 6.07 Å². The Labute approximate surface area is 105 Å². The normalized spacial score (nSPS) is 16.6. The summed E-state index contributed by atoms with van der Waals surface area (Å²) in [6, 6.07) is 3.27. The van der Waals surface area contributed by atoms with Crippen molar-refractivity contribution in [3.05, 3.63) is 33.4 Å². The SMILES string of the molecule is CC1(C)CCOc2c([N+](=O)[O-])cc(CC=O)cc21. The van der Waals surface area contributed by atoms with E-state index in [1.807, 2.05) is 19.9 Å². The van der Waals surface area contributed by atoms with Gasteiger partial charge in [-0.25, -0.2) is 0 Å². The van der Waals surface area contributed by atoms with Crippen LogP contribution in [0.25, 0.3) is 0 Å². The molecule has 5 heteroatoms. The highest BCUT2D eigenvalue weighted by Gasteiger charge is 2.34. The third-order valence-electron chi connectivity index (χ3n) is 3.35. The van der Waals surface area contributed by atoms with Crippen LogP contribution in [-0.2, 0) is 16.6 Å². The van der Waals surface area contributed by atoms with Gasteiger partial charge >= 0.3 is 5.69 Å². The molecule has 0 unspecified atom stereocenters. The molecule has 0 saturated carbocycles. The summed E-state index contributed by atoms with van der Waals surface area (Å²) in [5.41, 5.74) is 1.27. The van der Waals surface area contributed by atoms with Crippen LogP contribution in [0, 0.1) is 10.1 Å². The van der Waals surface area contributed by atoms with E-state index in [0.717, 1.165) is 18.3 Å². The second kappa shape index (κ2) is 4.40. The van der Waals surface area contributed by atoms with Crippen LogP contribution in [0.3, 0.4) is 0 Å². The van der Waals surface area contributed by atoms with Gasteiger partial charge in [0.25, 0.3) is 0 Å². The summed E-state index contributed by atoms with van der Waals surface area (Å²) in [5, 5.41) is 11.1. The summed E-state index contributed by atoms with van der Waals surface area (Å²) in [6.07, 6.45) is 1.74. The number of nitro benzene ring substituents is 1. The standard InChI is InChI=1S/C13H15NO4/c1-13(2)4-6-18-12-10(13)7-9(3-5-15)8-11(12)14(16)17/h5,7-8H,3-4,6H2,1-2H3. The van der Waals surface area contributed by atoms with E-state index in [-0.39, 0.29) is 17.5 Å². The zero-order chi connectivity index (χ0) is 13.3. The Kier molecular flexibility index (Phi) is 3.07. The molecule has 1 aromatic rings. The van der Waals surface area contributed by atoms with Crippen LogP contribution in [-0.4, -0.2) is 17.8 Å². The quantitative estimate of drug-likeness (QED) is 0.468. The Bertz CT molecular complexity index is 508. The van der Waals surface area contributed by atoms with E-state index in [9.17, 15) is 14.9 Å². The number of hydrogen-bond donors (Lipinski definition) is 0. The predicted octanol–water partition coefficient (Wildman–Crippen LogP) is 2.40. The van der Waals surface area contributed by atoms with Crippen molar-refractivity contribution in [3.8, 4) is 5.75 Å². The lowest BCUT2D eigenvalue weighted by atomic mass is 9.78. The van der Waals surface area contributed by atoms with Crippen LogP contribution < -0.4 is 4.74 Å². The first kappa shape index (κ1) is 12.5. The van der Waals surface area contributed by atoms with Crippen LogP contribution in [0.5, 0.6) is 5.75 Å². The minimum atomic E-state index is -0.450. The smallest absolute Gasteiger partial charge is 0.311 e. The van der Waals surface area contributed by atoms with Crippen molar-refractivity contribution in [3.63, 3.8) is 0 Å². The molecule has 1 aromatic carbocycles. The lowest BCUT2D eigenvalue weighted by Crippen LogP contribution is -2.27. The van der Waals surface area contributed by atoms with Crippen molar-refractivity contribution in [2.75, 3.05) is 6.61 Å². The average Bonchev–Trinajstić information content (AvgIpc) is 2.29. The molecule has 1 aliphatic rings. The Balaban J connectivity index is 2.64. The molecule has 0 radical (unpaired) electrons. The number of hydrogen-bond acceptors (Lipinski definition) is 4. The second-order valence-corrected chi connectivity index (χ2v) is 5.10. The van der Waals surface area contributed by atoms with Crippen LogP contribution in [0.15, 0.2) is 12.1 Å². The van der Waals surface area contributed by atoms with Crippen molar-refractivity contribution in [1.82, 2.24) is 0 Å². The van der Waals surface area contributed by atoms with E-state index in [4.69, 9.17) is 4.74 Å². The van der Waals surface area contributed by atoms with Gasteiger partial charge in [0, 0.05) is 18.1 Å². The van der Waals surface area contributed by atoms with Gasteiger partial charge in [0.1, 0.15) is 6.29 Å². The molecule has 0 spiro atoms. The molecule has 0 aromatic heterocycles. The fraction of sp³-hybridized carbons (Fsp3) is 0.462. The van der Waals surface area contributed by atoms with Gasteiger partial charge in [0.2, 0.25) is 5.75 Å². The van der Waals surface area contributed by atoms with Gasteiger partial charge in [-0.1, -0.05) is 19.9 Å². The van der Waals surface area contributed by atoms with Crippen LogP contribution >= 0.6 is 0 Å².